The fraction of sp³-hybridized carbons (Fsp3) is 0.188. The van der Waals surface area contributed by atoms with Crippen molar-refractivity contribution < 1.29 is 13.2 Å². The number of methoxy groups -OCH3 is 1. The van der Waals surface area contributed by atoms with Crippen LogP contribution in [0.5, 0.6) is 5.75 Å². The van der Waals surface area contributed by atoms with Gasteiger partial charge in [-0.15, -0.1) is 0 Å². The Morgan fingerprint density at radius 1 is 1.14 bits per heavy atom. The van der Waals surface area contributed by atoms with E-state index < -0.39 is 9.84 Å². The lowest BCUT2D eigenvalue weighted by atomic mass is 10.1. The second-order valence-electron chi connectivity index (χ2n) is 4.72. The third kappa shape index (κ3) is 3.41. The molecule has 0 N–H and O–H groups in total. The topological polar surface area (TPSA) is 67.2 Å². The summed E-state index contributed by atoms with van der Waals surface area (Å²) in [5.41, 5.74) is 1.98. The standard InChI is InChI=1S/C16H15NO3S/c1-12-3-7-15(8-4-12)21(18,19)11-13-5-6-14(10-17)16(9-13)20-2/h3-9H,11H2,1-2H3. The zero-order valence-electron chi connectivity index (χ0n) is 11.8. The molecule has 0 aromatic heterocycles. The number of hydrogen-bond donors (Lipinski definition) is 0. The summed E-state index contributed by atoms with van der Waals surface area (Å²) in [6.45, 7) is 1.90. The molecule has 0 heterocycles. The van der Waals surface area contributed by atoms with E-state index in [4.69, 9.17) is 10.00 Å². The Morgan fingerprint density at radius 2 is 1.81 bits per heavy atom. The smallest absolute Gasteiger partial charge is 0.182 e. The second-order valence-corrected chi connectivity index (χ2v) is 6.71. The van der Waals surface area contributed by atoms with Crippen LogP contribution in [0, 0.1) is 18.3 Å². The highest BCUT2D eigenvalue weighted by Gasteiger charge is 2.16. The highest BCUT2D eigenvalue weighted by molar-refractivity contribution is 7.90. The number of aryl methyl sites for hydroxylation is 1. The van der Waals surface area contributed by atoms with Gasteiger partial charge in [0.05, 0.1) is 23.3 Å². The van der Waals surface area contributed by atoms with E-state index in [1.807, 2.05) is 13.0 Å². The lowest BCUT2D eigenvalue weighted by molar-refractivity contribution is 0.413. The van der Waals surface area contributed by atoms with Crippen LogP contribution in [0.15, 0.2) is 47.4 Å². The molecule has 0 amide bonds. The summed E-state index contributed by atoms with van der Waals surface area (Å²) in [4.78, 5) is 0.288. The molecule has 2 aromatic rings. The first-order chi connectivity index (χ1) is 9.96. The van der Waals surface area contributed by atoms with Gasteiger partial charge in [0.25, 0.3) is 0 Å². The van der Waals surface area contributed by atoms with Crippen molar-refractivity contribution >= 4 is 9.84 Å². The number of nitrogens with zero attached hydrogens (tertiary/aromatic N) is 1. The highest BCUT2D eigenvalue weighted by Crippen LogP contribution is 2.23. The molecule has 0 spiro atoms. The van der Waals surface area contributed by atoms with Gasteiger partial charge in [-0.25, -0.2) is 8.42 Å². The van der Waals surface area contributed by atoms with Crippen molar-refractivity contribution in [2.24, 2.45) is 0 Å². The Kier molecular flexibility index (Phi) is 4.29. The van der Waals surface area contributed by atoms with Gasteiger partial charge in [0, 0.05) is 0 Å². The van der Waals surface area contributed by atoms with Crippen molar-refractivity contribution in [3.8, 4) is 11.8 Å². The van der Waals surface area contributed by atoms with E-state index in [-0.39, 0.29) is 10.6 Å². The summed E-state index contributed by atoms with van der Waals surface area (Å²) in [5.74, 6) is 0.257. The fourth-order valence-electron chi connectivity index (χ4n) is 1.97. The van der Waals surface area contributed by atoms with Crippen molar-refractivity contribution in [1.29, 1.82) is 5.26 Å². The molecule has 0 unspecified atom stereocenters. The van der Waals surface area contributed by atoms with Crippen LogP contribution in [-0.2, 0) is 15.6 Å². The minimum absolute atomic E-state index is 0.127. The zero-order valence-corrected chi connectivity index (χ0v) is 12.6. The first-order valence-corrected chi connectivity index (χ1v) is 7.98. The van der Waals surface area contributed by atoms with Crippen LogP contribution in [0.25, 0.3) is 0 Å². The second kappa shape index (κ2) is 5.98. The fourth-order valence-corrected chi connectivity index (χ4v) is 3.30. The minimum Gasteiger partial charge on any atom is -0.495 e. The van der Waals surface area contributed by atoms with Crippen LogP contribution < -0.4 is 4.74 Å². The van der Waals surface area contributed by atoms with Gasteiger partial charge in [-0.2, -0.15) is 5.26 Å². The van der Waals surface area contributed by atoms with E-state index in [0.29, 0.717) is 16.9 Å². The molecule has 5 heteroatoms. The molecule has 2 aromatic carbocycles. The number of benzene rings is 2. The summed E-state index contributed by atoms with van der Waals surface area (Å²) in [7, 11) is -1.96. The molecule has 0 atom stereocenters. The molecule has 0 saturated carbocycles. The average molecular weight is 301 g/mol. The van der Waals surface area contributed by atoms with E-state index in [9.17, 15) is 8.42 Å². The number of nitriles is 1. The molecular formula is C16H15NO3S. The number of rotatable bonds is 4. The molecule has 0 radical (unpaired) electrons. The molecule has 0 saturated heterocycles. The van der Waals surface area contributed by atoms with Crippen LogP contribution in [-0.4, -0.2) is 15.5 Å². The molecule has 4 nitrogen and oxygen atoms in total. The van der Waals surface area contributed by atoms with Crippen molar-refractivity contribution in [3.63, 3.8) is 0 Å². The van der Waals surface area contributed by atoms with E-state index in [2.05, 4.69) is 0 Å². The van der Waals surface area contributed by atoms with Crippen LogP contribution in [0.3, 0.4) is 0 Å². The summed E-state index contributed by atoms with van der Waals surface area (Å²) in [6, 6.07) is 13.5. The maximum Gasteiger partial charge on any atom is 0.182 e. The predicted octanol–water partition coefficient (Wildman–Crippen LogP) is 2.85. The van der Waals surface area contributed by atoms with Crippen molar-refractivity contribution in [3.05, 3.63) is 59.2 Å². The maximum atomic E-state index is 12.4. The van der Waals surface area contributed by atoms with Crippen LogP contribution in [0.4, 0.5) is 0 Å². The van der Waals surface area contributed by atoms with Gasteiger partial charge in [0.2, 0.25) is 0 Å². The monoisotopic (exact) mass is 301 g/mol. The average Bonchev–Trinajstić information content (AvgIpc) is 2.47. The normalized spacial score (nSPS) is 10.9. The molecular weight excluding hydrogens is 286 g/mol. The quantitative estimate of drug-likeness (QED) is 0.871. The molecule has 0 fully saturated rings. The summed E-state index contributed by atoms with van der Waals surface area (Å²) < 4.78 is 29.8. The summed E-state index contributed by atoms with van der Waals surface area (Å²) in [5, 5.41) is 8.93. The molecule has 0 bridgehead atoms. The molecule has 0 aliphatic rings. The third-order valence-electron chi connectivity index (χ3n) is 3.12. The zero-order chi connectivity index (χ0) is 15.5. The van der Waals surface area contributed by atoms with E-state index >= 15 is 0 Å². The number of sulfone groups is 1. The molecule has 0 aliphatic carbocycles. The van der Waals surface area contributed by atoms with Gasteiger partial charge < -0.3 is 4.74 Å². The molecule has 21 heavy (non-hydrogen) atoms. The Bertz CT molecular complexity index is 787. The van der Waals surface area contributed by atoms with Crippen LogP contribution >= 0.6 is 0 Å². The van der Waals surface area contributed by atoms with E-state index in [1.54, 1.807) is 42.5 Å². The Hall–Kier alpha value is -2.32. The molecule has 108 valence electrons. The summed E-state index contributed by atoms with van der Waals surface area (Å²) in [6.07, 6.45) is 0. The lowest BCUT2D eigenvalue weighted by Crippen LogP contribution is -2.05. The van der Waals surface area contributed by atoms with E-state index in [1.165, 1.54) is 7.11 Å². The van der Waals surface area contributed by atoms with Crippen LogP contribution in [0.1, 0.15) is 16.7 Å². The largest absolute Gasteiger partial charge is 0.495 e. The van der Waals surface area contributed by atoms with Crippen molar-refractivity contribution in [2.75, 3.05) is 7.11 Å². The number of ether oxygens (including phenoxy) is 1. The third-order valence-corrected chi connectivity index (χ3v) is 4.83. The molecule has 0 aliphatic heterocycles. The minimum atomic E-state index is -3.41. The van der Waals surface area contributed by atoms with Crippen LogP contribution in [0.2, 0.25) is 0 Å². The first kappa shape index (κ1) is 15.1. The molecule has 2 rings (SSSR count). The van der Waals surface area contributed by atoms with Gasteiger partial charge in [-0.1, -0.05) is 23.8 Å². The maximum absolute atomic E-state index is 12.4. The number of hydrogen-bond acceptors (Lipinski definition) is 4. The lowest BCUT2D eigenvalue weighted by Gasteiger charge is -2.08. The Labute approximate surface area is 124 Å². The van der Waals surface area contributed by atoms with Gasteiger partial charge in [0.1, 0.15) is 11.8 Å². The Morgan fingerprint density at radius 3 is 2.38 bits per heavy atom. The Balaban J connectivity index is 2.33. The van der Waals surface area contributed by atoms with Crippen molar-refractivity contribution in [2.45, 2.75) is 17.6 Å². The van der Waals surface area contributed by atoms with Gasteiger partial charge >= 0.3 is 0 Å². The summed E-state index contributed by atoms with van der Waals surface area (Å²) >= 11 is 0. The van der Waals surface area contributed by atoms with E-state index in [0.717, 1.165) is 5.56 Å². The van der Waals surface area contributed by atoms with Gasteiger partial charge in [-0.05, 0) is 36.8 Å². The highest BCUT2D eigenvalue weighted by atomic mass is 32.2. The van der Waals surface area contributed by atoms with Crippen molar-refractivity contribution in [1.82, 2.24) is 0 Å². The SMILES string of the molecule is COc1cc(CS(=O)(=O)c2ccc(C)cc2)ccc1C#N. The van der Waals surface area contributed by atoms with Gasteiger partial charge in [-0.3, -0.25) is 0 Å². The predicted molar refractivity (Wildman–Crippen MR) is 79.8 cm³/mol. The first-order valence-electron chi connectivity index (χ1n) is 6.33. The van der Waals surface area contributed by atoms with Gasteiger partial charge in [0.15, 0.2) is 9.84 Å².